The second kappa shape index (κ2) is 8.36. The van der Waals surface area contributed by atoms with Gasteiger partial charge in [-0.25, -0.2) is 9.78 Å². The first-order chi connectivity index (χ1) is 14.7. The third-order valence-corrected chi connectivity index (χ3v) is 5.95. The molecule has 2 atom stereocenters. The summed E-state index contributed by atoms with van der Waals surface area (Å²) >= 11 is 0. The maximum atomic E-state index is 13.5. The van der Waals surface area contributed by atoms with Gasteiger partial charge in [0.25, 0.3) is 5.91 Å². The number of aromatic nitrogens is 2. The second-order valence-electron chi connectivity index (χ2n) is 9.69. The van der Waals surface area contributed by atoms with Gasteiger partial charge >= 0.3 is 6.09 Å². The summed E-state index contributed by atoms with van der Waals surface area (Å²) in [6, 6.07) is 9.64. The molecule has 0 radical (unpaired) electrons. The van der Waals surface area contributed by atoms with Crippen LogP contribution in [0.2, 0.25) is 0 Å². The van der Waals surface area contributed by atoms with Crippen LogP contribution in [-0.2, 0) is 17.7 Å². The van der Waals surface area contributed by atoms with E-state index in [-0.39, 0.29) is 18.0 Å². The number of hydrogen-bond donors (Lipinski definition) is 0. The van der Waals surface area contributed by atoms with Crippen LogP contribution >= 0.6 is 0 Å². The largest absolute Gasteiger partial charge is 0.444 e. The predicted molar refractivity (Wildman–Crippen MR) is 118 cm³/mol. The fraction of sp³-hybridized carbons (Fsp3) is 0.542. The average molecular weight is 425 g/mol. The zero-order valence-electron chi connectivity index (χ0n) is 18.9. The smallest absolute Gasteiger partial charge is 0.410 e. The van der Waals surface area contributed by atoms with E-state index in [1.807, 2.05) is 62.2 Å². The van der Waals surface area contributed by atoms with Gasteiger partial charge in [-0.2, -0.15) is 0 Å². The lowest BCUT2D eigenvalue weighted by Crippen LogP contribution is -2.53. The second-order valence-corrected chi connectivity index (χ2v) is 9.69. The Morgan fingerprint density at radius 1 is 1.10 bits per heavy atom. The summed E-state index contributed by atoms with van der Waals surface area (Å²) in [5.74, 6) is 1.50. The minimum atomic E-state index is -0.557. The van der Waals surface area contributed by atoms with Crippen LogP contribution < -0.4 is 0 Å². The molecule has 1 fully saturated rings. The quantitative estimate of drug-likeness (QED) is 0.733. The molecule has 0 saturated carbocycles. The molecule has 2 aliphatic rings. The minimum Gasteiger partial charge on any atom is -0.444 e. The van der Waals surface area contributed by atoms with E-state index in [2.05, 4.69) is 16.5 Å². The van der Waals surface area contributed by atoms with Crippen LogP contribution in [0, 0.1) is 5.92 Å². The third-order valence-electron chi connectivity index (χ3n) is 5.95. The third kappa shape index (κ3) is 4.75. The Balaban J connectivity index is 1.58. The van der Waals surface area contributed by atoms with Gasteiger partial charge in [0.2, 0.25) is 0 Å². The zero-order valence-corrected chi connectivity index (χ0v) is 18.9. The van der Waals surface area contributed by atoms with Crippen molar-refractivity contribution in [3.05, 3.63) is 53.6 Å². The number of imidazole rings is 1. The summed E-state index contributed by atoms with van der Waals surface area (Å²) in [7, 11) is 0. The van der Waals surface area contributed by atoms with Crippen molar-refractivity contribution in [1.29, 1.82) is 0 Å². The SMILES string of the molecule is CC1CCn2cc(C(=O)N3CCN(C(=O)OC(C)(C)C)CC3c3ccccc3)nc2C1. The van der Waals surface area contributed by atoms with Crippen molar-refractivity contribution in [2.24, 2.45) is 5.92 Å². The molecular weight excluding hydrogens is 392 g/mol. The standard InChI is InChI=1S/C24H32N4O3/c1-17-10-11-26-15-19(25-21(26)14-17)22(29)28-13-12-27(23(30)31-24(2,3)4)16-20(28)18-8-6-5-7-9-18/h5-9,15,17,20H,10-14,16H2,1-4H3. The summed E-state index contributed by atoms with van der Waals surface area (Å²) in [6.07, 6.45) is 3.57. The van der Waals surface area contributed by atoms with Crippen molar-refractivity contribution in [3.8, 4) is 0 Å². The number of ether oxygens (including phenoxy) is 1. The first-order valence-corrected chi connectivity index (χ1v) is 11.1. The monoisotopic (exact) mass is 424 g/mol. The van der Waals surface area contributed by atoms with Crippen molar-refractivity contribution in [1.82, 2.24) is 19.4 Å². The van der Waals surface area contributed by atoms with E-state index in [0.29, 0.717) is 31.2 Å². The van der Waals surface area contributed by atoms with Gasteiger partial charge in [0, 0.05) is 38.8 Å². The average Bonchev–Trinajstić information content (AvgIpc) is 3.15. The van der Waals surface area contributed by atoms with Crippen molar-refractivity contribution in [2.75, 3.05) is 19.6 Å². The van der Waals surface area contributed by atoms with E-state index in [1.54, 1.807) is 4.90 Å². The highest BCUT2D eigenvalue weighted by molar-refractivity contribution is 5.92. The van der Waals surface area contributed by atoms with E-state index in [9.17, 15) is 9.59 Å². The topological polar surface area (TPSA) is 67.7 Å². The molecule has 3 heterocycles. The number of carbonyl (C=O) groups excluding carboxylic acids is 2. The van der Waals surface area contributed by atoms with Crippen molar-refractivity contribution < 1.29 is 14.3 Å². The van der Waals surface area contributed by atoms with Crippen LogP contribution in [0.25, 0.3) is 0 Å². The first kappa shape index (κ1) is 21.4. The molecule has 0 N–H and O–H groups in total. The molecule has 2 amide bonds. The highest BCUT2D eigenvalue weighted by atomic mass is 16.6. The highest BCUT2D eigenvalue weighted by Gasteiger charge is 2.36. The lowest BCUT2D eigenvalue weighted by atomic mass is 10.0. The van der Waals surface area contributed by atoms with Gasteiger partial charge in [-0.15, -0.1) is 0 Å². The Hall–Kier alpha value is -2.83. The number of aryl methyl sites for hydroxylation is 1. The van der Waals surface area contributed by atoms with E-state index in [0.717, 1.165) is 30.8 Å². The number of fused-ring (bicyclic) bond motifs is 1. The molecule has 0 aliphatic carbocycles. The fourth-order valence-electron chi connectivity index (χ4n) is 4.31. The number of carbonyl (C=O) groups is 2. The number of hydrogen-bond acceptors (Lipinski definition) is 4. The Labute approximate surface area is 184 Å². The molecule has 1 saturated heterocycles. The fourth-order valence-corrected chi connectivity index (χ4v) is 4.31. The molecule has 7 heteroatoms. The molecule has 2 aromatic rings. The molecule has 0 bridgehead atoms. The number of rotatable bonds is 2. The van der Waals surface area contributed by atoms with Crippen LogP contribution in [0.1, 0.15) is 62.0 Å². The Morgan fingerprint density at radius 2 is 1.84 bits per heavy atom. The van der Waals surface area contributed by atoms with Crippen LogP contribution in [0.4, 0.5) is 4.79 Å². The zero-order chi connectivity index (χ0) is 22.2. The van der Waals surface area contributed by atoms with Crippen LogP contribution in [0.3, 0.4) is 0 Å². The summed E-state index contributed by atoms with van der Waals surface area (Å²) < 4.78 is 7.69. The number of amides is 2. The van der Waals surface area contributed by atoms with E-state index in [1.165, 1.54) is 0 Å². The maximum Gasteiger partial charge on any atom is 0.410 e. The van der Waals surface area contributed by atoms with Gasteiger partial charge in [-0.1, -0.05) is 37.3 Å². The number of benzene rings is 1. The summed E-state index contributed by atoms with van der Waals surface area (Å²) in [4.78, 5) is 34.4. The van der Waals surface area contributed by atoms with E-state index >= 15 is 0 Å². The Morgan fingerprint density at radius 3 is 2.55 bits per heavy atom. The minimum absolute atomic E-state index is 0.0766. The van der Waals surface area contributed by atoms with Gasteiger partial charge < -0.3 is 19.1 Å². The maximum absolute atomic E-state index is 13.5. The van der Waals surface area contributed by atoms with Gasteiger partial charge in [0.05, 0.1) is 6.04 Å². The summed E-state index contributed by atoms with van der Waals surface area (Å²) in [5.41, 5.74) is 0.941. The normalized spacial score (nSPS) is 21.5. The van der Waals surface area contributed by atoms with Crippen molar-refractivity contribution in [2.45, 2.75) is 58.7 Å². The highest BCUT2D eigenvalue weighted by Crippen LogP contribution is 2.29. The van der Waals surface area contributed by atoms with Crippen LogP contribution in [0.5, 0.6) is 0 Å². The molecule has 2 unspecified atom stereocenters. The van der Waals surface area contributed by atoms with Crippen LogP contribution in [0.15, 0.2) is 36.5 Å². The van der Waals surface area contributed by atoms with E-state index in [4.69, 9.17) is 4.74 Å². The van der Waals surface area contributed by atoms with Crippen molar-refractivity contribution in [3.63, 3.8) is 0 Å². The lowest BCUT2D eigenvalue weighted by Gasteiger charge is -2.41. The first-order valence-electron chi connectivity index (χ1n) is 11.1. The molecule has 1 aromatic heterocycles. The number of piperazine rings is 1. The number of nitrogens with zero attached hydrogens (tertiary/aromatic N) is 4. The van der Waals surface area contributed by atoms with Gasteiger partial charge in [-0.05, 0) is 38.7 Å². The predicted octanol–water partition coefficient (Wildman–Crippen LogP) is 3.90. The molecular formula is C24H32N4O3. The molecule has 0 spiro atoms. The Kier molecular flexibility index (Phi) is 5.77. The van der Waals surface area contributed by atoms with Crippen molar-refractivity contribution >= 4 is 12.0 Å². The summed E-state index contributed by atoms with van der Waals surface area (Å²) in [6.45, 7) is 9.99. The van der Waals surface area contributed by atoms with Gasteiger partial charge in [-0.3, -0.25) is 4.79 Å². The lowest BCUT2D eigenvalue weighted by molar-refractivity contribution is 0.00397. The van der Waals surface area contributed by atoms with Crippen LogP contribution in [-0.4, -0.2) is 56.6 Å². The molecule has 4 rings (SSSR count). The molecule has 2 aliphatic heterocycles. The van der Waals surface area contributed by atoms with Gasteiger partial charge in [0.1, 0.15) is 17.1 Å². The molecule has 31 heavy (non-hydrogen) atoms. The van der Waals surface area contributed by atoms with E-state index < -0.39 is 5.60 Å². The summed E-state index contributed by atoms with van der Waals surface area (Å²) in [5, 5.41) is 0. The molecule has 1 aromatic carbocycles. The molecule has 166 valence electrons. The van der Waals surface area contributed by atoms with Gasteiger partial charge in [0.15, 0.2) is 0 Å². The molecule has 7 nitrogen and oxygen atoms in total. The Bertz CT molecular complexity index is 947.